The zero-order valence-electron chi connectivity index (χ0n) is 10.5. The van der Waals surface area contributed by atoms with Crippen LogP contribution in [0.15, 0.2) is 23.1 Å². The summed E-state index contributed by atoms with van der Waals surface area (Å²) in [6, 6.07) is 7.19. The minimum Gasteiger partial charge on any atom is -0.327 e. The quantitative estimate of drug-likeness (QED) is 0.787. The van der Waals surface area contributed by atoms with Gasteiger partial charge < -0.3 is 11.1 Å². The number of hydrogen-bond donors (Lipinski definition) is 2. The minimum absolute atomic E-state index is 0.245. The molecule has 1 unspecified atom stereocenters. The zero-order valence-corrected chi connectivity index (χ0v) is 11.4. The SMILES string of the molecule is CC(N)CNCCc1ccc2c(c1)CCCS2. The fourth-order valence-corrected chi connectivity index (χ4v) is 3.15. The summed E-state index contributed by atoms with van der Waals surface area (Å²) < 4.78 is 0. The highest BCUT2D eigenvalue weighted by Gasteiger charge is 2.09. The fraction of sp³-hybridized carbons (Fsp3) is 0.571. The summed E-state index contributed by atoms with van der Waals surface area (Å²) in [5.74, 6) is 1.28. The van der Waals surface area contributed by atoms with Gasteiger partial charge in [-0.2, -0.15) is 0 Å². The molecule has 1 aliphatic heterocycles. The van der Waals surface area contributed by atoms with Gasteiger partial charge in [-0.3, -0.25) is 0 Å². The van der Waals surface area contributed by atoms with Crippen LogP contribution in [0.5, 0.6) is 0 Å². The Bertz CT molecular complexity index is 363. The van der Waals surface area contributed by atoms with Crippen LogP contribution in [0.3, 0.4) is 0 Å². The Hall–Kier alpha value is -0.510. The summed E-state index contributed by atoms with van der Waals surface area (Å²) >= 11 is 2.00. The average molecular weight is 250 g/mol. The van der Waals surface area contributed by atoms with Crippen molar-refractivity contribution in [1.82, 2.24) is 5.32 Å². The molecule has 0 fully saturated rings. The van der Waals surface area contributed by atoms with Crippen LogP contribution in [0.25, 0.3) is 0 Å². The number of benzene rings is 1. The van der Waals surface area contributed by atoms with E-state index in [4.69, 9.17) is 5.73 Å². The number of hydrogen-bond acceptors (Lipinski definition) is 3. The summed E-state index contributed by atoms with van der Waals surface area (Å²) in [6.07, 6.45) is 3.68. The molecule has 2 rings (SSSR count). The molecule has 0 radical (unpaired) electrons. The van der Waals surface area contributed by atoms with Crippen molar-refractivity contribution in [3.63, 3.8) is 0 Å². The second-order valence-corrected chi connectivity index (χ2v) is 5.96. The van der Waals surface area contributed by atoms with Crippen molar-refractivity contribution in [2.45, 2.75) is 37.1 Å². The molecule has 94 valence electrons. The average Bonchev–Trinajstić information content (AvgIpc) is 2.34. The summed E-state index contributed by atoms with van der Waals surface area (Å²) in [7, 11) is 0. The van der Waals surface area contributed by atoms with Gasteiger partial charge in [-0.1, -0.05) is 12.1 Å². The molecule has 1 aromatic carbocycles. The molecule has 0 aliphatic carbocycles. The molecule has 3 heteroatoms. The van der Waals surface area contributed by atoms with Gasteiger partial charge in [-0.05, 0) is 55.7 Å². The van der Waals surface area contributed by atoms with E-state index < -0.39 is 0 Å². The third-order valence-corrected chi connectivity index (χ3v) is 4.23. The molecular formula is C14H22N2S. The summed E-state index contributed by atoms with van der Waals surface area (Å²) in [4.78, 5) is 1.49. The van der Waals surface area contributed by atoms with Gasteiger partial charge in [0.2, 0.25) is 0 Å². The lowest BCUT2D eigenvalue weighted by atomic mass is 10.0. The van der Waals surface area contributed by atoms with Crippen LogP contribution >= 0.6 is 11.8 Å². The van der Waals surface area contributed by atoms with Crippen molar-refractivity contribution in [2.75, 3.05) is 18.8 Å². The molecule has 1 aliphatic rings. The molecular weight excluding hydrogens is 228 g/mol. The molecule has 0 saturated heterocycles. The van der Waals surface area contributed by atoms with Gasteiger partial charge in [0.25, 0.3) is 0 Å². The lowest BCUT2D eigenvalue weighted by molar-refractivity contribution is 0.608. The summed E-state index contributed by atoms with van der Waals surface area (Å²) in [5.41, 5.74) is 8.69. The Kier molecular flexibility index (Phi) is 4.89. The molecule has 1 atom stereocenters. The molecule has 0 bridgehead atoms. The Morgan fingerprint density at radius 2 is 2.35 bits per heavy atom. The number of thioether (sulfide) groups is 1. The second kappa shape index (κ2) is 6.43. The van der Waals surface area contributed by atoms with Crippen molar-refractivity contribution in [1.29, 1.82) is 0 Å². The molecule has 1 aromatic rings. The van der Waals surface area contributed by atoms with E-state index in [-0.39, 0.29) is 6.04 Å². The predicted molar refractivity (Wildman–Crippen MR) is 75.7 cm³/mol. The number of nitrogens with one attached hydrogen (secondary N) is 1. The topological polar surface area (TPSA) is 38.0 Å². The maximum atomic E-state index is 5.70. The first-order valence-corrected chi connectivity index (χ1v) is 7.45. The van der Waals surface area contributed by atoms with Gasteiger partial charge in [0.05, 0.1) is 0 Å². The van der Waals surface area contributed by atoms with E-state index in [9.17, 15) is 0 Å². The molecule has 0 amide bonds. The highest BCUT2D eigenvalue weighted by molar-refractivity contribution is 7.99. The Morgan fingerprint density at radius 3 is 3.18 bits per heavy atom. The normalized spacial score (nSPS) is 16.6. The number of fused-ring (bicyclic) bond motifs is 1. The van der Waals surface area contributed by atoms with Crippen LogP contribution < -0.4 is 11.1 Å². The van der Waals surface area contributed by atoms with Gasteiger partial charge in [0, 0.05) is 17.5 Å². The highest BCUT2D eigenvalue weighted by Crippen LogP contribution is 2.30. The van der Waals surface area contributed by atoms with Crippen LogP contribution in [0.2, 0.25) is 0 Å². The zero-order chi connectivity index (χ0) is 12.1. The maximum absolute atomic E-state index is 5.70. The van der Waals surface area contributed by atoms with Gasteiger partial charge in [0.15, 0.2) is 0 Å². The van der Waals surface area contributed by atoms with Crippen molar-refractivity contribution >= 4 is 11.8 Å². The van der Waals surface area contributed by atoms with Gasteiger partial charge >= 0.3 is 0 Å². The first-order chi connectivity index (χ1) is 8.25. The van der Waals surface area contributed by atoms with Crippen LogP contribution in [-0.4, -0.2) is 24.9 Å². The molecule has 3 N–H and O–H groups in total. The van der Waals surface area contributed by atoms with Crippen molar-refractivity contribution in [3.8, 4) is 0 Å². The second-order valence-electron chi connectivity index (χ2n) is 4.83. The fourth-order valence-electron chi connectivity index (χ4n) is 2.13. The van der Waals surface area contributed by atoms with Gasteiger partial charge in [-0.15, -0.1) is 11.8 Å². The molecule has 17 heavy (non-hydrogen) atoms. The van der Waals surface area contributed by atoms with Crippen molar-refractivity contribution in [2.24, 2.45) is 5.73 Å². The standard InChI is InChI=1S/C14H22N2S/c1-11(15)10-16-7-6-12-4-5-14-13(9-12)3-2-8-17-14/h4-5,9,11,16H,2-3,6-8,10,15H2,1H3. The van der Waals surface area contributed by atoms with Crippen LogP contribution in [-0.2, 0) is 12.8 Å². The molecule has 0 saturated carbocycles. The summed E-state index contributed by atoms with van der Waals surface area (Å²) in [5, 5.41) is 3.38. The highest BCUT2D eigenvalue weighted by atomic mass is 32.2. The number of aryl methyl sites for hydroxylation is 1. The lowest BCUT2D eigenvalue weighted by Crippen LogP contribution is -2.32. The van der Waals surface area contributed by atoms with E-state index in [0.29, 0.717) is 0 Å². The van der Waals surface area contributed by atoms with E-state index in [1.807, 2.05) is 18.7 Å². The number of nitrogens with two attached hydrogens (primary N) is 1. The van der Waals surface area contributed by atoms with Gasteiger partial charge in [0.1, 0.15) is 0 Å². The smallest absolute Gasteiger partial charge is 0.0136 e. The predicted octanol–water partition coefficient (Wildman–Crippen LogP) is 2.20. The molecule has 0 spiro atoms. The largest absolute Gasteiger partial charge is 0.327 e. The van der Waals surface area contributed by atoms with Crippen molar-refractivity contribution < 1.29 is 0 Å². The minimum atomic E-state index is 0.245. The van der Waals surface area contributed by atoms with Crippen LogP contribution in [0.1, 0.15) is 24.5 Å². The first kappa shape index (κ1) is 12.9. The third kappa shape index (κ3) is 4.02. The van der Waals surface area contributed by atoms with Crippen molar-refractivity contribution in [3.05, 3.63) is 29.3 Å². The molecule has 1 heterocycles. The third-order valence-electron chi connectivity index (χ3n) is 3.03. The summed E-state index contributed by atoms with van der Waals surface area (Å²) in [6.45, 7) is 3.96. The van der Waals surface area contributed by atoms with Gasteiger partial charge in [-0.25, -0.2) is 0 Å². The molecule has 0 aromatic heterocycles. The van der Waals surface area contributed by atoms with E-state index in [1.54, 1.807) is 5.56 Å². The number of rotatable bonds is 5. The van der Waals surface area contributed by atoms with E-state index >= 15 is 0 Å². The Morgan fingerprint density at radius 1 is 1.47 bits per heavy atom. The van der Waals surface area contributed by atoms with Crippen LogP contribution in [0.4, 0.5) is 0 Å². The van der Waals surface area contributed by atoms with Crippen LogP contribution in [0, 0.1) is 0 Å². The van der Waals surface area contributed by atoms with E-state index in [2.05, 4.69) is 23.5 Å². The Labute approximate surface area is 108 Å². The van der Waals surface area contributed by atoms with E-state index in [0.717, 1.165) is 19.5 Å². The lowest BCUT2D eigenvalue weighted by Gasteiger charge is -2.16. The maximum Gasteiger partial charge on any atom is 0.0136 e. The Balaban J connectivity index is 1.85. The molecule has 2 nitrogen and oxygen atoms in total. The first-order valence-electron chi connectivity index (χ1n) is 6.46. The monoisotopic (exact) mass is 250 g/mol. The van der Waals surface area contributed by atoms with E-state index in [1.165, 1.54) is 29.1 Å².